The van der Waals surface area contributed by atoms with Crippen LogP contribution in [0.2, 0.25) is 0 Å². The van der Waals surface area contributed by atoms with E-state index in [0.29, 0.717) is 0 Å². The molecule has 0 bridgehead atoms. The van der Waals surface area contributed by atoms with Gasteiger partial charge in [-0.25, -0.2) is 0 Å². The van der Waals surface area contributed by atoms with Crippen LogP contribution in [-0.4, -0.2) is 0 Å². The van der Waals surface area contributed by atoms with Crippen LogP contribution in [-0.2, 0) is 0 Å². The number of rotatable bonds is 7. The lowest BCUT2D eigenvalue weighted by Gasteiger charge is -2.26. The Bertz CT molecular complexity index is 2280. The zero-order valence-corrected chi connectivity index (χ0v) is 28.3. The highest BCUT2D eigenvalue weighted by Crippen LogP contribution is 2.39. The number of benzene rings is 7. The number of para-hydroxylation sites is 1. The first-order valence-corrected chi connectivity index (χ1v) is 18.1. The first kappa shape index (κ1) is 29.4. The molecular weight excluding hydrogens is 631 g/mol. The van der Waals surface area contributed by atoms with Gasteiger partial charge < -0.3 is 4.90 Å². The zero-order chi connectivity index (χ0) is 32.6. The molecule has 1 nitrogen and oxygen atoms in total. The normalized spacial score (nSPS) is 11.3. The van der Waals surface area contributed by atoms with E-state index in [2.05, 4.69) is 193 Å². The molecular formula is C46H31NS2. The Kier molecular flexibility index (Phi) is 7.62. The van der Waals surface area contributed by atoms with Gasteiger partial charge in [-0.2, -0.15) is 0 Å². The van der Waals surface area contributed by atoms with Gasteiger partial charge in [0.1, 0.15) is 0 Å². The Morgan fingerprint density at radius 2 is 0.612 bits per heavy atom. The van der Waals surface area contributed by atoms with E-state index in [9.17, 15) is 0 Å². The Labute approximate surface area is 294 Å². The molecule has 9 aromatic rings. The highest BCUT2D eigenvalue weighted by molar-refractivity contribution is 7.22. The molecule has 0 atom stereocenters. The van der Waals surface area contributed by atoms with Crippen LogP contribution in [0.1, 0.15) is 0 Å². The fourth-order valence-corrected chi connectivity index (χ4v) is 8.67. The van der Waals surface area contributed by atoms with Gasteiger partial charge in [-0.05, 0) is 105 Å². The van der Waals surface area contributed by atoms with Gasteiger partial charge in [0.05, 0.1) is 0 Å². The molecule has 0 spiro atoms. The number of nitrogens with zero attached hydrogens (tertiary/aromatic N) is 1. The second-order valence-electron chi connectivity index (χ2n) is 12.2. The van der Waals surface area contributed by atoms with Crippen molar-refractivity contribution in [2.24, 2.45) is 0 Å². The summed E-state index contributed by atoms with van der Waals surface area (Å²) in [6.07, 6.45) is 0. The molecule has 0 saturated carbocycles. The predicted molar refractivity (Wildman–Crippen MR) is 214 cm³/mol. The van der Waals surface area contributed by atoms with E-state index in [4.69, 9.17) is 0 Å². The Balaban J connectivity index is 0.968. The second-order valence-corrected chi connectivity index (χ2v) is 14.4. The molecule has 0 aliphatic heterocycles. The smallest absolute Gasteiger partial charge is 0.0462 e. The molecule has 0 aliphatic rings. The van der Waals surface area contributed by atoms with Gasteiger partial charge >= 0.3 is 0 Å². The number of anilines is 3. The summed E-state index contributed by atoms with van der Waals surface area (Å²) in [6.45, 7) is 0. The van der Waals surface area contributed by atoms with Gasteiger partial charge in [-0.3, -0.25) is 0 Å². The molecule has 2 aromatic heterocycles. The van der Waals surface area contributed by atoms with Crippen LogP contribution in [0, 0.1) is 0 Å². The maximum atomic E-state index is 2.32. The van der Waals surface area contributed by atoms with Crippen molar-refractivity contribution in [3.8, 4) is 43.1 Å². The fraction of sp³-hybridized carbons (Fsp3) is 0. The minimum atomic E-state index is 1.12. The molecule has 9 rings (SSSR count). The molecule has 0 fully saturated rings. The van der Waals surface area contributed by atoms with Crippen LogP contribution >= 0.6 is 22.7 Å². The van der Waals surface area contributed by atoms with Crippen molar-refractivity contribution >= 4 is 59.9 Å². The molecule has 0 N–H and O–H groups in total. The van der Waals surface area contributed by atoms with Crippen molar-refractivity contribution in [1.29, 1.82) is 0 Å². The summed E-state index contributed by atoms with van der Waals surface area (Å²) < 4.78 is 2.65. The predicted octanol–water partition coefficient (Wildman–Crippen LogP) is 14.3. The number of fused-ring (bicyclic) bond motifs is 2. The third-order valence-electron chi connectivity index (χ3n) is 9.12. The Morgan fingerprint density at radius 1 is 0.286 bits per heavy atom. The minimum Gasteiger partial charge on any atom is -0.311 e. The molecule has 7 aromatic carbocycles. The molecule has 3 heteroatoms. The van der Waals surface area contributed by atoms with E-state index >= 15 is 0 Å². The van der Waals surface area contributed by atoms with Crippen molar-refractivity contribution in [1.82, 2.24) is 0 Å². The number of hydrogen-bond donors (Lipinski definition) is 0. The zero-order valence-electron chi connectivity index (χ0n) is 26.7. The summed E-state index contributed by atoms with van der Waals surface area (Å²) >= 11 is 3.69. The topological polar surface area (TPSA) is 3.24 Å². The van der Waals surface area contributed by atoms with Crippen molar-refractivity contribution in [2.75, 3.05) is 4.90 Å². The summed E-state index contributed by atoms with van der Waals surface area (Å²) in [5.74, 6) is 0. The van der Waals surface area contributed by atoms with Crippen molar-refractivity contribution in [3.05, 3.63) is 188 Å². The first-order chi connectivity index (χ1) is 24.2. The summed E-state index contributed by atoms with van der Waals surface area (Å²) in [5.41, 5.74) is 10.7. The van der Waals surface area contributed by atoms with Crippen molar-refractivity contribution < 1.29 is 0 Å². The van der Waals surface area contributed by atoms with Crippen LogP contribution in [0.5, 0.6) is 0 Å². The fourth-order valence-electron chi connectivity index (χ4n) is 6.53. The van der Waals surface area contributed by atoms with Gasteiger partial charge in [0.2, 0.25) is 0 Å². The molecule has 232 valence electrons. The molecule has 0 aliphatic carbocycles. The third-order valence-corrected chi connectivity index (χ3v) is 11.5. The average molecular weight is 662 g/mol. The van der Waals surface area contributed by atoms with Crippen LogP contribution in [0.25, 0.3) is 63.3 Å². The van der Waals surface area contributed by atoms with E-state index in [1.807, 2.05) is 22.7 Å². The third kappa shape index (κ3) is 5.84. The lowest BCUT2D eigenvalue weighted by Crippen LogP contribution is -2.09. The lowest BCUT2D eigenvalue weighted by atomic mass is 10.0. The first-order valence-electron chi connectivity index (χ1n) is 16.5. The standard InChI is InChI=1S/C46H31NS2/c1-2-10-40(11-3-1)47(41-26-22-34(23-27-41)32-14-18-36(19-15-32)45-30-38-8-4-6-12-43(38)48-45)42-28-24-35(25-29-42)33-16-20-37(21-17-33)46-31-39-9-5-7-13-44(39)49-46/h1-31H. The molecule has 0 unspecified atom stereocenters. The number of hydrogen-bond acceptors (Lipinski definition) is 3. The Morgan fingerprint density at radius 3 is 1.02 bits per heavy atom. The van der Waals surface area contributed by atoms with Crippen molar-refractivity contribution in [3.63, 3.8) is 0 Å². The summed E-state index contributed by atoms with van der Waals surface area (Å²) in [6, 6.07) is 68.1. The summed E-state index contributed by atoms with van der Waals surface area (Å²) in [5, 5.41) is 2.61. The van der Waals surface area contributed by atoms with Gasteiger partial charge in [-0.1, -0.05) is 127 Å². The molecule has 2 heterocycles. The SMILES string of the molecule is c1ccc(N(c2ccc(-c3ccc(-c4cc5ccccc5s4)cc3)cc2)c2ccc(-c3ccc(-c4cc5ccccc5s4)cc3)cc2)cc1. The maximum Gasteiger partial charge on any atom is 0.0462 e. The molecule has 0 saturated heterocycles. The summed E-state index contributed by atoms with van der Waals surface area (Å²) in [7, 11) is 0. The quantitative estimate of drug-likeness (QED) is 0.164. The summed E-state index contributed by atoms with van der Waals surface area (Å²) in [4.78, 5) is 4.93. The van der Waals surface area contributed by atoms with E-state index in [0.717, 1.165) is 17.1 Å². The molecule has 0 amide bonds. The number of thiophene rings is 2. The van der Waals surface area contributed by atoms with Gasteiger partial charge in [0.15, 0.2) is 0 Å². The van der Waals surface area contributed by atoms with Gasteiger partial charge in [-0.15, -0.1) is 22.7 Å². The Hall–Kier alpha value is -5.74. The van der Waals surface area contributed by atoms with E-state index in [1.54, 1.807) is 0 Å². The van der Waals surface area contributed by atoms with Crippen LogP contribution in [0.15, 0.2) is 188 Å². The van der Waals surface area contributed by atoms with Crippen molar-refractivity contribution in [2.45, 2.75) is 0 Å². The lowest BCUT2D eigenvalue weighted by molar-refractivity contribution is 1.28. The second kappa shape index (κ2) is 12.7. The van der Waals surface area contributed by atoms with Gasteiger partial charge in [0, 0.05) is 36.2 Å². The average Bonchev–Trinajstić information content (AvgIpc) is 3.81. The van der Waals surface area contributed by atoms with E-state index in [-0.39, 0.29) is 0 Å². The van der Waals surface area contributed by atoms with Crippen LogP contribution in [0.4, 0.5) is 17.1 Å². The molecule has 49 heavy (non-hydrogen) atoms. The highest BCUT2D eigenvalue weighted by atomic mass is 32.1. The highest BCUT2D eigenvalue weighted by Gasteiger charge is 2.14. The largest absolute Gasteiger partial charge is 0.311 e. The van der Waals surface area contributed by atoms with Gasteiger partial charge in [0.25, 0.3) is 0 Å². The maximum absolute atomic E-state index is 2.32. The van der Waals surface area contributed by atoms with E-state index < -0.39 is 0 Å². The monoisotopic (exact) mass is 661 g/mol. The van der Waals surface area contributed by atoms with Crippen LogP contribution in [0.3, 0.4) is 0 Å². The minimum absolute atomic E-state index is 1.12. The molecule has 0 radical (unpaired) electrons. The van der Waals surface area contributed by atoms with Crippen LogP contribution < -0.4 is 4.90 Å². The van der Waals surface area contributed by atoms with E-state index in [1.165, 1.54) is 63.3 Å².